The van der Waals surface area contributed by atoms with E-state index in [1.165, 1.54) is 5.69 Å². The van der Waals surface area contributed by atoms with Crippen LogP contribution in [0.3, 0.4) is 0 Å². The molecule has 2 aliphatic heterocycles. The lowest BCUT2D eigenvalue weighted by molar-refractivity contribution is 0.477. The Hall–Kier alpha value is -3.35. The quantitative estimate of drug-likeness (QED) is 0.668. The number of aromatic nitrogens is 3. The van der Waals surface area contributed by atoms with Crippen LogP contribution in [0.1, 0.15) is 38.3 Å². The van der Waals surface area contributed by atoms with Gasteiger partial charge in [-0.15, -0.1) is 10.2 Å². The van der Waals surface area contributed by atoms with Crippen molar-refractivity contribution >= 4 is 17.2 Å². The Morgan fingerprint density at radius 1 is 1.03 bits per heavy atom. The first kappa shape index (κ1) is 19.6. The number of nitrogen functional groups attached to an aromatic ring is 1. The van der Waals surface area contributed by atoms with Gasteiger partial charge in [0.05, 0.1) is 11.4 Å². The van der Waals surface area contributed by atoms with Gasteiger partial charge in [0.2, 0.25) is 0 Å². The summed E-state index contributed by atoms with van der Waals surface area (Å²) in [6.07, 6.45) is 4.25. The Balaban J connectivity index is 1.43. The average Bonchev–Trinajstić information content (AvgIpc) is 3.04. The van der Waals surface area contributed by atoms with E-state index in [4.69, 9.17) is 5.73 Å². The van der Waals surface area contributed by atoms with Crippen LogP contribution in [0.4, 0.5) is 17.2 Å². The largest absolute Gasteiger partial charge is 0.507 e. The van der Waals surface area contributed by atoms with Crippen LogP contribution in [0.5, 0.6) is 5.75 Å². The van der Waals surface area contributed by atoms with Gasteiger partial charge in [-0.25, -0.2) is 0 Å². The number of nitrogens with two attached hydrogens (primary N) is 1. The van der Waals surface area contributed by atoms with Gasteiger partial charge in [-0.3, -0.25) is 4.98 Å². The number of phenolic OH excluding ortho intramolecular Hbond substituents is 1. The van der Waals surface area contributed by atoms with Crippen molar-refractivity contribution < 1.29 is 5.11 Å². The lowest BCUT2D eigenvalue weighted by Gasteiger charge is -2.43. The minimum Gasteiger partial charge on any atom is -0.507 e. The molecule has 3 aromatic rings. The zero-order valence-corrected chi connectivity index (χ0v) is 17.9. The van der Waals surface area contributed by atoms with Gasteiger partial charge in [-0.2, -0.15) is 0 Å². The molecule has 2 atom stereocenters. The smallest absolute Gasteiger partial charge is 0.169 e. The fourth-order valence-corrected chi connectivity index (χ4v) is 4.90. The fourth-order valence-electron chi connectivity index (χ4n) is 4.90. The zero-order valence-electron chi connectivity index (χ0n) is 17.9. The van der Waals surface area contributed by atoms with E-state index in [0.29, 0.717) is 35.1 Å². The predicted molar refractivity (Wildman–Crippen MR) is 123 cm³/mol. The van der Waals surface area contributed by atoms with E-state index in [1.54, 1.807) is 12.1 Å². The molecule has 0 spiro atoms. The molecule has 2 aromatic heterocycles. The number of piperazine rings is 1. The third-order valence-corrected chi connectivity index (χ3v) is 6.46. The molecule has 2 fully saturated rings. The first-order valence-electron chi connectivity index (χ1n) is 10.9. The minimum atomic E-state index is 0.191. The predicted octanol–water partition coefficient (Wildman–Crippen LogP) is 3.81. The van der Waals surface area contributed by atoms with Gasteiger partial charge in [0.1, 0.15) is 5.75 Å². The summed E-state index contributed by atoms with van der Waals surface area (Å²) < 4.78 is 0. The molecule has 31 heavy (non-hydrogen) atoms. The van der Waals surface area contributed by atoms with Crippen molar-refractivity contribution in [2.24, 2.45) is 0 Å². The average molecular weight is 417 g/mol. The number of hydrogen-bond donors (Lipinski definition) is 2. The van der Waals surface area contributed by atoms with E-state index in [1.807, 2.05) is 24.4 Å². The van der Waals surface area contributed by atoms with Crippen LogP contribution < -0.4 is 15.5 Å². The zero-order chi connectivity index (χ0) is 21.5. The van der Waals surface area contributed by atoms with E-state index in [9.17, 15) is 5.11 Å². The van der Waals surface area contributed by atoms with Crippen LogP contribution in [0, 0.1) is 0 Å². The number of fused-ring (bicyclic) bond motifs is 2. The fraction of sp³-hybridized carbons (Fsp3) is 0.375. The van der Waals surface area contributed by atoms with Gasteiger partial charge < -0.3 is 20.6 Å². The topological polar surface area (TPSA) is 91.4 Å². The highest BCUT2D eigenvalue weighted by atomic mass is 16.3. The summed E-state index contributed by atoms with van der Waals surface area (Å²) in [5.41, 5.74) is 10.8. The monoisotopic (exact) mass is 416 g/mol. The number of para-hydroxylation sites is 1. The van der Waals surface area contributed by atoms with Gasteiger partial charge in [-0.1, -0.05) is 26.0 Å². The first-order chi connectivity index (χ1) is 15.0. The molecule has 2 saturated heterocycles. The van der Waals surface area contributed by atoms with Crippen LogP contribution in [0.2, 0.25) is 0 Å². The molecule has 7 nitrogen and oxygen atoms in total. The molecule has 0 saturated carbocycles. The molecule has 2 unspecified atom stereocenters. The molecule has 4 heterocycles. The van der Waals surface area contributed by atoms with Crippen molar-refractivity contribution in [1.82, 2.24) is 15.2 Å². The third-order valence-electron chi connectivity index (χ3n) is 6.46. The van der Waals surface area contributed by atoms with Crippen molar-refractivity contribution in [1.29, 1.82) is 0 Å². The second kappa shape index (κ2) is 7.72. The summed E-state index contributed by atoms with van der Waals surface area (Å²) in [6.45, 7) is 6.12. The Labute approximate surface area is 182 Å². The van der Waals surface area contributed by atoms with E-state index in [0.717, 1.165) is 37.3 Å². The van der Waals surface area contributed by atoms with Crippen molar-refractivity contribution in [2.45, 2.75) is 44.7 Å². The Morgan fingerprint density at radius 3 is 2.48 bits per heavy atom. The molecule has 160 valence electrons. The highest BCUT2D eigenvalue weighted by molar-refractivity contribution is 5.74. The lowest BCUT2D eigenvalue weighted by Crippen LogP contribution is -2.54. The molecule has 0 amide bonds. The third kappa shape index (κ3) is 3.54. The lowest BCUT2D eigenvalue weighted by atomic mass is 10.1. The first-order valence-corrected chi connectivity index (χ1v) is 10.9. The normalized spacial score (nSPS) is 20.5. The molecule has 0 radical (unpaired) electrons. The number of hydrogen-bond acceptors (Lipinski definition) is 7. The molecule has 7 heteroatoms. The van der Waals surface area contributed by atoms with Crippen LogP contribution in [0.15, 0.2) is 48.7 Å². The molecule has 0 aliphatic carbocycles. The standard InChI is InChI=1S/C24H28N6O/c1-15(2)20-11-16(9-10-26-20)30-17-7-8-18(30)14-29(13-17)22-12-21(27-28-24(22)25)19-5-3-4-6-23(19)31/h3-6,9-12,15,17-18,31H,7-8,13-14H2,1-2H3,(H2,25,28). The van der Waals surface area contributed by atoms with Gasteiger partial charge >= 0.3 is 0 Å². The molecule has 2 aliphatic rings. The minimum absolute atomic E-state index is 0.191. The number of pyridine rings is 1. The molecule has 3 N–H and O–H groups in total. The summed E-state index contributed by atoms with van der Waals surface area (Å²) in [5, 5.41) is 18.7. The maximum absolute atomic E-state index is 10.2. The Morgan fingerprint density at radius 2 is 1.77 bits per heavy atom. The van der Waals surface area contributed by atoms with Crippen LogP contribution >= 0.6 is 0 Å². The van der Waals surface area contributed by atoms with E-state index < -0.39 is 0 Å². The summed E-state index contributed by atoms with van der Waals surface area (Å²) in [5.74, 6) is 1.03. The van der Waals surface area contributed by atoms with E-state index >= 15 is 0 Å². The maximum atomic E-state index is 10.2. The molecular formula is C24H28N6O. The number of phenols is 1. The van der Waals surface area contributed by atoms with Crippen molar-refractivity contribution in [2.75, 3.05) is 28.6 Å². The van der Waals surface area contributed by atoms with Crippen molar-refractivity contribution in [3.63, 3.8) is 0 Å². The summed E-state index contributed by atoms with van der Waals surface area (Å²) in [7, 11) is 0. The highest BCUT2D eigenvalue weighted by Crippen LogP contribution is 2.39. The number of anilines is 3. The summed E-state index contributed by atoms with van der Waals surface area (Å²) in [4.78, 5) is 9.43. The Bertz CT molecular complexity index is 1090. The van der Waals surface area contributed by atoms with Crippen LogP contribution in [-0.2, 0) is 0 Å². The summed E-state index contributed by atoms with van der Waals surface area (Å²) >= 11 is 0. The number of benzene rings is 1. The number of rotatable bonds is 4. The van der Waals surface area contributed by atoms with E-state index in [2.05, 4.69) is 51.0 Å². The SMILES string of the molecule is CC(C)c1cc(N2C3CCC2CN(c2cc(-c4ccccc4O)nnc2N)C3)ccn1. The second-order valence-electron chi connectivity index (χ2n) is 8.81. The molecule has 2 bridgehead atoms. The van der Waals surface area contributed by atoms with Gasteiger partial charge in [0.15, 0.2) is 5.82 Å². The van der Waals surface area contributed by atoms with Gasteiger partial charge in [0, 0.05) is 48.3 Å². The molecule has 5 rings (SSSR count). The van der Waals surface area contributed by atoms with Crippen LogP contribution in [-0.4, -0.2) is 45.5 Å². The second-order valence-corrected chi connectivity index (χ2v) is 8.81. The number of aromatic hydroxyl groups is 1. The van der Waals surface area contributed by atoms with E-state index in [-0.39, 0.29) is 5.75 Å². The maximum Gasteiger partial charge on any atom is 0.169 e. The molecular weight excluding hydrogens is 388 g/mol. The highest BCUT2D eigenvalue weighted by Gasteiger charge is 2.40. The van der Waals surface area contributed by atoms with Gasteiger partial charge in [-0.05, 0) is 49.1 Å². The Kier molecular flexibility index (Phi) is 4.88. The number of nitrogens with zero attached hydrogens (tertiary/aromatic N) is 5. The van der Waals surface area contributed by atoms with Crippen molar-refractivity contribution in [3.05, 3.63) is 54.4 Å². The molecule has 1 aromatic carbocycles. The van der Waals surface area contributed by atoms with Crippen molar-refractivity contribution in [3.8, 4) is 17.0 Å². The van der Waals surface area contributed by atoms with Crippen LogP contribution in [0.25, 0.3) is 11.3 Å². The summed E-state index contributed by atoms with van der Waals surface area (Å²) in [6, 6.07) is 14.3. The van der Waals surface area contributed by atoms with Gasteiger partial charge in [0.25, 0.3) is 0 Å².